The van der Waals surface area contributed by atoms with Gasteiger partial charge < -0.3 is 5.32 Å². The summed E-state index contributed by atoms with van der Waals surface area (Å²) in [6.07, 6.45) is -0.0492. The van der Waals surface area contributed by atoms with Crippen LogP contribution in [0.5, 0.6) is 0 Å². The Hall–Kier alpha value is -2.43. The van der Waals surface area contributed by atoms with Gasteiger partial charge in [0, 0.05) is 18.7 Å². The highest BCUT2D eigenvalue weighted by Gasteiger charge is 2.20. The number of carbonyl (C=O) groups is 1. The van der Waals surface area contributed by atoms with Gasteiger partial charge in [0.05, 0.1) is 16.3 Å². The average Bonchev–Trinajstić information content (AvgIpc) is 2.62. The van der Waals surface area contributed by atoms with Crippen molar-refractivity contribution in [3.8, 4) is 0 Å². The Morgan fingerprint density at radius 3 is 2.06 bits per heavy atom. The summed E-state index contributed by atoms with van der Waals surface area (Å²) in [5.74, 6) is -0.399. The minimum atomic E-state index is -3.73. The first-order chi connectivity index (χ1) is 14.3. The molecule has 0 saturated carbocycles. The topological polar surface area (TPSA) is 121 Å². The van der Waals surface area contributed by atoms with E-state index in [1.165, 1.54) is 0 Å². The molecule has 0 radical (unpaired) electrons. The predicted molar refractivity (Wildman–Crippen MR) is 123 cm³/mol. The molecule has 2 rings (SSSR count). The zero-order valence-corrected chi connectivity index (χ0v) is 20.0. The Morgan fingerprint density at radius 1 is 0.903 bits per heavy atom. The summed E-state index contributed by atoms with van der Waals surface area (Å²) < 4.78 is 53.7. The molecule has 0 saturated heterocycles. The van der Waals surface area contributed by atoms with Crippen LogP contribution in [-0.2, 0) is 24.8 Å². The van der Waals surface area contributed by atoms with Gasteiger partial charge in [-0.15, -0.1) is 0 Å². The molecule has 2 aromatic carbocycles. The fourth-order valence-electron chi connectivity index (χ4n) is 3.28. The largest absolute Gasteiger partial charge is 0.326 e. The van der Waals surface area contributed by atoms with E-state index in [4.69, 9.17) is 0 Å². The van der Waals surface area contributed by atoms with Gasteiger partial charge in [0.15, 0.2) is 0 Å². The zero-order valence-electron chi connectivity index (χ0n) is 18.4. The van der Waals surface area contributed by atoms with Gasteiger partial charge >= 0.3 is 0 Å². The van der Waals surface area contributed by atoms with E-state index in [-0.39, 0.29) is 29.5 Å². The molecule has 2 aromatic rings. The van der Waals surface area contributed by atoms with Crippen LogP contribution < -0.4 is 14.8 Å². The predicted octanol–water partition coefficient (Wildman–Crippen LogP) is 2.99. The standard InChI is InChI=1S/C21H29N3O5S2/c1-6-30(26,27)24-19-8-7-18(13-15(19)3)23-20(25)9-10-22-31(28,29)21-16(4)11-14(2)12-17(21)5/h7-8,11-13,22,24H,6,9-10H2,1-5H3,(H,23,25). The first-order valence-corrected chi connectivity index (χ1v) is 13.0. The molecule has 31 heavy (non-hydrogen) atoms. The van der Waals surface area contributed by atoms with E-state index in [2.05, 4.69) is 14.8 Å². The van der Waals surface area contributed by atoms with E-state index in [9.17, 15) is 21.6 Å². The molecule has 170 valence electrons. The van der Waals surface area contributed by atoms with E-state index in [1.807, 2.05) is 6.92 Å². The van der Waals surface area contributed by atoms with Crippen LogP contribution in [0.1, 0.15) is 35.6 Å². The smallest absolute Gasteiger partial charge is 0.241 e. The molecule has 0 spiro atoms. The fraction of sp³-hybridized carbons (Fsp3) is 0.381. The average molecular weight is 468 g/mol. The molecule has 0 bridgehead atoms. The summed E-state index contributed by atoms with van der Waals surface area (Å²) in [4.78, 5) is 12.5. The van der Waals surface area contributed by atoms with E-state index in [1.54, 1.807) is 58.0 Å². The molecule has 8 nitrogen and oxygen atoms in total. The van der Waals surface area contributed by atoms with Crippen LogP contribution in [0.3, 0.4) is 0 Å². The lowest BCUT2D eigenvalue weighted by atomic mass is 10.1. The highest BCUT2D eigenvalue weighted by Crippen LogP contribution is 2.22. The molecule has 3 N–H and O–H groups in total. The third-order valence-corrected chi connectivity index (χ3v) is 7.73. The summed E-state index contributed by atoms with van der Waals surface area (Å²) >= 11 is 0. The van der Waals surface area contributed by atoms with Crippen molar-refractivity contribution in [1.29, 1.82) is 0 Å². The van der Waals surface area contributed by atoms with Gasteiger partial charge in [-0.05, 0) is 69.5 Å². The number of amides is 1. The maximum Gasteiger partial charge on any atom is 0.241 e. The van der Waals surface area contributed by atoms with Gasteiger partial charge in [0.25, 0.3) is 0 Å². The number of anilines is 2. The summed E-state index contributed by atoms with van der Waals surface area (Å²) in [6, 6.07) is 8.42. The third kappa shape index (κ3) is 6.78. The molecule has 0 aliphatic rings. The van der Waals surface area contributed by atoms with Crippen LogP contribution in [0.15, 0.2) is 35.2 Å². The molecule has 1 amide bonds. The first kappa shape index (κ1) is 24.8. The van der Waals surface area contributed by atoms with Crippen LogP contribution >= 0.6 is 0 Å². The number of hydrogen-bond donors (Lipinski definition) is 3. The van der Waals surface area contributed by atoms with Crippen molar-refractivity contribution in [2.45, 2.75) is 45.9 Å². The van der Waals surface area contributed by atoms with Crippen molar-refractivity contribution in [2.75, 3.05) is 22.3 Å². The SMILES string of the molecule is CCS(=O)(=O)Nc1ccc(NC(=O)CCNS(=O)(=O)c2c(C)cc(C)cc2C)cc1C. The maximum atomic E-state index is 12.6. The van der Waals surface area contributed by atoms with Gasteiger partial charge in [-0.3, -0.25) is 9.52 Å². The Labute approximate surface area is 184 Å². The fourth-order valence-corrected chi connectivity index (χ4v) is 5.47. The molecular weight excluding hydrogens is 438 g/mol. The Bertz CT molecular complexity index is 1170. The number of carbonyl (C=O) groups excluding carboxylic acids is 1. The van der Waals surface area contributed by atoms with Gasteiger partial charge in [0.2, 0.25) is 26.0 Å². The monoisotopic (exact) mass is 467 g/mol. The molecule has 0 aliphatic heterocycles. The molecule has 0 atom stereocenters. The zero-order chi connectivity index (χ0) is 23.4. The van der Waals surface area contributed by atoms with Crippen molar-refractivity contribution in [3.05, 3.63) is 52.6 Å². The normalized spacial score (nSPS) is 11.9. The van der Waals surface area contributed by atoms with Gasteiger partial charge in [0.1, 0.15) is 0 Å². The quantitative estimate of drug-likeness (QED) is 0.523. The van der Waals surface area contributed by atoms with Crippen LogP contribution in [0.2, 0.25) is 0 Å². The van der Waals surface area contributed by atoms with E-state index in [0.29, 0.717) is 28.1 Å². The minimum absolute atomic E-state index is 0.0392. The van der Waals surface area contributed by atoms with Crippen LogP contribution in [0.25, 0.3) is 0 Å². The molecule has 0 unspecified atom stereocenters. The van der Waals surface area contributed by atoms with E-state index >= 15 is 0 Å². The highest BCUT2D eigenvalue weighted by molar-refractivity contribution is 7.92. The summed E-state index contributed by atoms with van der Waals surface area (Å²) in [5, 5.41) is 2.69. The van der Waals surface area contributed by atoms with E-state index in [0.717, 1.165) is 5.56 Å². The molecular formula is C21H29N3O5S2. The summed E-state index contributed by atoms with van der Waals surface area (Å²) in [6.45, 7) is 8.61. The van der Waals surface area contributed by atoms with Crippen molar-refractivity contribution >= 4 is 37.3 Å². The van der Waals surface area contributed by atoms with Crippen molar-refractivity contribution in [2.24, 2.45) is 0 Å². The number of sulfonamides is 2. The number of hydrogen-bond acceptors (Lipinski definition) is 5. The lowest BCUT2D eigenvalue weighted by Gasteiger charge is -2.14. The number of benzene rings is 2. The van der Waals surface area contributed by atoms with Gasteiger partial charge in [-0.25, -0.2) is 21.6 Å². The van der Waals surface area contributed by atoms with Crippen LogP contribution in [-0.4, -0.2) is 35.0 Å². The molecule has 0 aliphatic carbocycles. The number of nitrogens with one attached hydrogen (secondary N) is 3. The molecule has 0 heterocycles. The lowest BCUT2D eigenvalue weighted by Crippen LogP contribution is -2.29. The molecule has 10 heteroatoms. The van der Waals surface area contributed by atoms with Crippen LogP contribution in [0, 0.1) is 27.7 Å². The van der Waals surface area contributed by atoms with Crippen molar-refractivity contribution in [1.82, 2.24) is 4.72 Å². The maximum absolute atomic E-state index is 12.6. The van der Waals surface area contributed by atoms with Gasteiger partial charge in [-0.2, -0.15) is 0 Å². The lowest BCUT2D eigenvalue weighted by molar-refractivity contribution is -0.116. The summed E-state index contributed by atoms with van der Waals surface area (Å²) in [5.41, 5.74) is 3.89. The Morgan fingerprint density at radius 2 is 1.52 bits per heavy atom. The van der Waals surface area contributed by atoms with Crippen molar-refractivity contribution < 1.29 is 21.6 Å². The third-order valence-electron chi connectivity index (χ3n) is 4.67. The minimum Gasteiger partial charge on any atom is -0.326 e. The Balaban J connectivity index is 1.98. The highest BCUT2D eigenvalue weighted by atomic mass is 32.2. The first-order valence-electron chi connectivity index (χ1n) is 9.83. The number of rotatable bonds is 9. The van der Waals surface area contributed by atoms with Crippen molar-refractivity contribution in [3.63, 3.8) is 0 Å². The van der Waals surface area contributed by atoms with Crippen LogP contribution in [0.4, 0.5) is 11.4 Å². The molecule has 0 fully saturated rings. The second-order valence-corrected chi connectivity index (χ2v) is 11.2. The summed E-state index contributed by atoms with van der Waals surface area (Å²) in [7, 11) is -7.13. The second kappa shape index (κ2) is 9.80. The second-order valence-electron chi connectivity index (χ2n) is 7.46. The van der Waals surface area contributed by atoms with Gasteiger partial charge in [-0.1, -0.05) is 17.7 Å². The molecule has 0 aromatic heterocycles. The Kier molecular flexibility index (Phi) is 7.85. The number of aryl methyl sites for hydroxylation is 4. The van der Waals surface area contributed by atoms with E-state index < -0.39 is 20.0 Å².